The van der Waals surface area contributed by atoms with E-state index in [1.807, 2.05) is 42.5 Å². The van der Waals surface area contributed by atoms with E-state index < -0.39 is 5.41 Å². The molecule has 1 spiro atoms. The Morgan fingerprint density at radius 3 is 2.64 bits per heavy atom. The van der Waals surface area contributed by atoms with E-state index in [2.05, 4.69) is 33.5 Å². The molecule has 4 nitrogen and oxygen atoms in total. The van der Waals surface area contributed by atoms with Gasteiger partial charge in [-0.2, -0.15) is 0 Å². The lowest BCUT2D eigenvalue weighted by Gasteiger charge is -2.49. The van der Waals surface area contributed by atoms with Gasteiger partial charge < -0.3 is 10.6 Å². The highest BCUT2D eigenvalue weighted by Gasteiger charge is 2.67. The van der Waals surface area contributed by atoms with E-state index in [4.69, 9.17) is 11.6 Å². The fourth-order valence-electron chi connectivity index (χ4n) is 5.16. The average Bonchev–Trinajstić information content (AvgIpc) is 3.33. The number of piperidine rings is 1. The molecular weight excluding hydrogens is 440 g/mol. The highest BCUT2D eigenvalue weighted by molar-refractivity contribution is 9.10. The highest BCUT2D eigenvalue weighted by atomic mass is 79.9. The Balaban J connectivity index is 1.78. The lowest BCUT2D eigenvalue weighted by molar-refractivity contribution is -0.132. The largest absolute Gasteiger partial charge is 0.351 e. The van der Waals surface area contributed by atoms with Crippen LogP contribution in [0, 0.1) is 5.41 Å². The SMILES string of the molecule is CC1(C2NC(=O)CC(c3cccc(Cl)c3)C23C(=O)Nc2cc(Br)ccc23)CC1. The van der Waals surface area contributed by atoms with E-state index in [0.29, 0.717) is 5.02 Å². The third kappa shape index (κ3) is 2.49. The molecule has 0 radical (unpaired) electrons. The van der Waals surface area contributed by atoms with Crippen LogP contribution in [0.2, 0.25) is 5.02 Å². The monoisotopic (exact) mass is 458 g/mol. The van der Waals surface area contributed by atoms with Gasteiger partial charge in [-0.1, -0.05) is 52.7 Å². The number of hydrogen-bond acceptors (Lipinski definition) is 2. The Labute approximate surface area is 177 Å². The van der Waals surface area contributed by atoms with Crippen molar-refractivity contribution in [2.45, 2.75) is 43.6 Å². The molecule has 6 heteroatoms. The zero-order chi connectivity index (χ0) is 19.7. The van der Waals surface area contributed by atoms with Crippen LogP contribution in [0.15, 0.2) is 46.9 Å². The molecule has 2 aromatic rings. The first-order valence-electron chi connectivity index (χ1n) is 9.51. The van der Waals surface area contributed by atoms with Crippen LogP contribution in [0.4, 0.5) is 5.69 Å². The van der Waals surface area contributed by atoms with Gasteiger partial charge in [0.15, 0.2) is 0 Å². The van der Waals surface area contributed by atoms with E-state index in [1.165, 1.54) is 0 Å². The molecule has 0 aromatic heterocycles. The van der Waals surface area contributed by atoms with Crippen LogP contribution in [0.5, 0.6) is 0 Å². The van der Waals surface area contributed by atoms with Crippen molar-refractivity contribution in [2.75, 3.05) is 5.32 Å². The third-order valence-corrected chi connectivity index (χ3v) is 7.47. The summed E-state index contributed by atoms with van der Waals surface area (Å²) in [5.41, 5.74) is 1.78. The Kier molecular flexibility index (Phi) is 3.95. The van der Waals surface area contributed by atoms with E-state index in [-0.39, 0.29) is 35.6 Å². The molecule has 3 unspecified atom stereocenters. The first-order chi connectivity index (χ1) is 13.3. The first-order valence-corrected chi connectivity index (χ1v) is 10.7. The van der Waals surface area contributed by atoms with Gasteiger partial charge in [0.25, 0.3) is 0 Å². The van der Waals surface area contributed by atoms with E-state index in [0.717, 1.165) is 34.1 Å². The molecule has 0 bridgehead atoms. The Morgan fingerprint density at radius 1 is 1.14 bits per heavy atom. The van der Waals surface area contributed by atoms with Gasteiger partial charge in [-0.05, 0) is 53.6 Å². The fraction of sp³-hybridized carbons (Fsp3) is 0.364. The molecule has 2 N–H and O–H groups in total. The van der Waals surface area contributed by atoms with Crippen LogP contribution < -0.4 is 10.6 Å². The normalized spacial score (nSPS) is 30.0. The van der Waals surface area contributed by atoms with Gasteiger partial charge in [0.2, 0.25) is 11.8 Å². The molecule has 2 aliphatic heterocycles. The Morgan fingerprint density at radius 2 is 1.93 bits per heavy atom. The van der Waals surface area contributed by atoms with Gasteiger partial charge in [-0.15, -0.1) is 0 Å². The van der Waals surface area contributed by atoms with E-state index >= 15 is 0 Å². The second-order valence-electron chi connectivity index (χ2n) is 8.48. The third-order valence-electron chi connectivity index (χ3n) is 6.74. The van der Waals surface area contributed by atoms with Crippen molar-refractivity contribution in [3.8, 4) is 0 Å². The predicted molar refractivity (Wildman–Crippen MR) is 113 cm³/mol. The number of rotatable bonds is 2. The molecular formula is C22H20BrClN2O2. The first kappa shape index (κ1) is 18.2. The standard InChI is InChI=1S/C22H20BrClN2O2/c1-21(7-8-21)19-22(15-6-5-13(23)10-17(15)25-20(22)28)16(11-18(27)26-19)12-3-2-4-14(24)9-12/h2-6,9-10,16,19H,7-8,11H2,1H3,(H,25,28)(H,26,27). The minimum Gasteiger partial charge on any atom is -0.351 e. The zero-order valence-corrected chi connectivity index (χ0v) is 17.7. The molecule has 3 aliphatic rings. The second kappa shape index (κ2) is 6.07. The van der Waals surface area contributed by atoms with Crippen molar-refractivity contribution in [1.82, 2.24) is 5.32 Å². The smallest absolute Gasteiger partial charge is 0.237 e. The molecule has 2 fully saturated rings. The minimum absolute atomic E-state index is 0.00733. The molecule has 144 valence electrons. The molecule has 1 saturated carbocycles. The van der Waals surface area contributed by atoms with Crippen molar-refractivity contribution < 1.29 is 9.59 Å². The predicted octanol–water partition coefficient (Wildman–Crippen LogP) is 4.76. The van der Waals surface area contributed by atoms with Gasteiger partial charge in [0, 0.05) is 27.5 Å². The summed E-state index contributed by atoms with van der Waals surface area (Å²) >= 11 is 9.79. The summed E-state index contributed by atoms with van der Waals surface area (Å²) < 4.78 is 0.914. The number of anilines is 1. The topological polar surface area (TPSA) is 58.2 Å². The maximum Gasteiger partial charge on any atom is 0.237 e. The molecule has 3 atom stereocenters. The maximum absolute atomic E-state index is 13.7. The van der Waals surface area contributed by atoms with Gasteiger partial charge >= 0.3 is 0 Å². The quantitative estimate of drug-likeness (QED) is 0.680. The molecule has 1 aliphatic carbocycles. The van der Waals surface area contributed by atoms with Crippen LogP contribution in [-0.4, -0.2) is 17.9 Å². The molecule has 2 heterocycles. The number of amides is 2. The summed E-state index contributed by atoms with van der Waals surface area (Å²) in [5, 5.41) is 6.93. The molecule has 5 rings (SSSR count). The van der Waals surface area contributed by atoms with Crippen molar-refractivity contribution in [1.29, 1.82) is 0 Å². The second-order valence-corrected chi connectivity index (χ2v) is 9.83. The summed E-state index contributed by atoms with van der Waals surface area (Å²) in [4.78, 5) is 26.4. The van der Waals surface area contributed by atoms with Crippen molar-refractivity contribution in [2.24, 2.45) is 5.41 Å². The summed E-state index contributed by atoms with van der Waals surface area (Å²) in [6.07, 6.45) is 2.26. The highest BCUT2D eigenvalue weighted by Crippen LogP contribution is 2.62. The summed E-state index contributed by atoms with van der Waals surface area (Å²) in [6, 6.07) is 13.3. The lowest BCUT2D eigenvalue weighted by atomic mass is 9.57. The summed E-state index contributed by atoms with van der Waals surface area (Å²) in [5.74, 6) is -0.319. The average molecular weight is 460 g/mol. The van der Waals surface area contributed by atoms with Crippen molar-refractivity contribution in [3.05, 3.63) is 63.1 Å². The molecule has 2 aromatic carbocycles. The zero-order valence-electron chi connectivity index (χ0n) is 15.4. The maximum atomic E-state index is 13.7. The summed E-state index contributed by atoms with van der Waals surface area (Å²) in [7, 11) is 0. The number of fused-ring (bicyclic) bond motifs is 2. The summed E-state index contributed by atoms with van der Waals surface area (Å²) in [6.45, 7) is 2.17. The van der Waals surface area contributed by atoms with Crippen LogP contribution >= 0.6 is 27.5 Å². The number of carbonyl (C=O) groups excluding carboxylic acids is 2. The van der Waals surface area contributed by atoms with Crippen molar-refractivity contribution in [3.63, 3.8) is 0 Å². The number of halogens is 2. The Bertz CT molecular complexity index is 1020. The Hall–Kier alpha value is -1.85. The number of carbonyl (C=O) groups is 2. The van der Waals surface area contributed by atoms with E-state index in [9.17, 15) is 9.59 Å². The fourth-order valence-corrected chi connectivity index (χ4v) is 5.72. The molecule has 2 amide bonds. The molecule has 28 heavy (non-hydrogen) atoms. The van der Waals surface area contributed by atoms with E-state index in [1.54, 1.807) is 0 Å². The van der Waals surface area contributed by atoms with Crippen LogP contribution in [0.3, 0.4) is 0 Å². The van der Waals surface area contributed by atoms with Crippen molar-refractivity contribution >= 4 is 45.0 Å². The minimum atomic E-state index is -0.847. The van der Waals surface area contributed by atoms with Gasteiger partial charge in [-0.3, -0.25) is 9.59 Å². The van der Waals surface area contributed by atoms with Crippen LogP contribution in [0.1, 0.15) is 43.2 Å². The number of hydrogen-bond donors (Lipinski definition) is 2. The van der Waals surface area contributed by atoms with Gasteiger partial charge in [0.05, 0.1) is 6.04 Å². The van der Waals surface area contributed by atoms with Gasteiger partial charge in [-0.25, -0.2) is 0 Å². The lowest BCUT2D eigenvalue weighted by Crippen LogP contribution is -2.64. The van der Waals surface area contributed by atoms with Gasteiger partial charge in [0.1, 0.15) is 5.41 Å². The number of nitrogens with one attached hydrogen (secondary N) is 2. The number of benzene rings is 2. The van der Waals surface area contributed by atoms with Crippen LogP contribution in [0.25, 0.3) is 0 Å². The molecule has 1 saturated heterocycles. The van der Waals surface area contributed by atoms with Crippen LogP contribution in [-0.2, 0) is 15.0 Å².